The molecule has 0 heterocycles. The van der Waals surface area contributed by atoms with Crippen molar-refractivity contribution in [2.45, 2.75) is 16.7 Å². The van der Waals surface area contributed by atoms with E-state index in [1.54, 1.807) is 30.3 Å². The second-order valence-electron chi connectivity index (χ2n) is 4.20. The van der Waals surface area contributed by atoms with Gasteiger partial charge in [-0.25, -0.2) is 4.21 Å². The molecule has 0 radical (unpaired) electrons. The topological polar surface area (TPSA) is 89.3 Å². The van der Waals surface area contributed by atoms with Crippen LogP contribution in [0.25, 0.3) is 0 Å². The van der Waals surface area contributed by atoms with Crippen LogP contribution in [0.2, 0.25) is 0 Å². The Morgan fingerprint density at radius 3 is 2.38 bits per heavy atom. The number of nitrogens with one attached hydrogen (secondary N) is 1. The molecule has 1 atom stereocenters. The molecule has 2 rings (SSSR count). The summed E-state index contributed by atoms with van der Waals surface area (Å²) >= 11 is 0. The van der Waals surface area contributed by atoms with Gasteiger partial charge in [-0.15, -0.1) is 0 Å². The second kappa shape index (κ2) is 6.27. The summed E-state index contributed by atoms with van der Waals surface area (Å²) in [5.74, 6) is -0.407. The average molecular weight is 304 g/mol. The lowest BCUT2D eigenvalue weighted by Gasteiger charge is -2.06. The highest BCUT2D eigenvalue weighted by molar-refractivity contribution is 7.85. The summed E-state index contributed by atoms with van der Waals surface area (Å²) in [6, 6.07) is 12.8. The minimum Gasteiger partial charge on any atom is -0.321 e. The number of benzene rings is 2. The second-order valence-corrected chi connectivity index (χ2v) is 5.68. The molecule has 0 bridgehead atoms. The summed E-state index contributed by atoms with van der Waals surface area (Å²) in [5, 5.41) is 13.5. The molecule has 0 fully saturated rings. The largest absolute Gasteiger partial charge is 0.321 e. The summed E-state index contributed by atoms with van der Waals surface area (Å²) in [6.07, 6.45) is 0. The van der Waals surface area contributed by atoms with E-state index in [1.807, 2.05) is 0 Å². The Bertz CT molecular complexity index is 716. The standard InChI is InChI=1S/C14H12N2O4S/c1-10(17)15-13-8-7-12(9-14(13)16(18)19)21(20)11-5-3-2-4-6-11/h2-9H,1H3,(H,15,17). The number of amides is 1. The molecule has 0 aromatic heterocycles. The lowest BCUT2D eigenvalue weighted by atomic mass is 10.2. The number of anilines is 1. The van der Waals surface area contributed by atoms with Crippen molar-refractivity contribution < 1.29 is 13.9 Å². The molecule has 0 aliphatic heterocycles. The van der Waals surface area contributed by atoms with Gasteiger partial charge in [-0.05, 0) is 24.3 Å². The van der Waals surface area contributed by atoms with E-state index < -0.39 is 21.6 Å². The van der Waals surface area contributed by atoms with Crippen molar-refractivity contribution >= 4 is 28.1 Å². The van der Waals surface area contributed by atoms with E-state index in [-0.39, 0.29) is 11.4 Å². The highest BCUT2D eigenvalue weighted by atomic mass is 32.2. The van der Waals surface area contributed by atoms with Crippen LogP contribution in [0.3, 0.4) is 0 Å². The van der Waals surface area contributed by atoms with Crippen LogP contribution in [0.4, 0.5) is 11.4 Å². The van der Waals surface area contributed by atoms with E-state index >= 15 is 0 Å². The van der Waals surface area contributed by atoms with Gasteiger partial charge in [0.1, 0.15) is 5.69 Å². The molecule has 6 nitrogen and oxygen atoms in total. The van der Waals surface area contributed by atoms with Crippen LogP contribution in [-0.2, 0) is 15.6 Å². The molecular weight excluding hydrogens is 292 g/mol. The fraction of sp³-hybridized carbons (Fsp3) is 0.0714. The van der Waals surface area contributed by atoms with Crippen molar-refractivity contribution in [1.29, 1.82) is 0 Å². The number of carbonyl (C=O) groups is 1. The molecule has 108 valence electrons. The van der Waals surface area contributed by atoms with E-state index in [4.69, 9.17) is 0 Å². The Morgan fingerprint density at radius 2 is 1.81 bits per heavy atom. The van der Waals surface area contributed by atoms with E-state index in [0.29, 0.717) is 9.79 Å². The van der Waals surface area contributed by atoms with Gasteiger partial charge in [0.05, 0.1) is 20.6 Å². The molecule has 2 aromatic carbocycles. The van der Waals surface area contributed by atoms with Gasteiger partial charge < -0.3 is 5.32 Å². The molecule has 7 heteroatoms. The third-order valence-corrected chi connectivity index (χ3v) is 4.03. The molecule has 0 saturated heterocycles. The molecule has 0 aliphatic carbocycles. The summed E-state index contributed by atoms with van der Waals surface area (Å²) in [7, 11) is -1.51. The number of rotatable bonds is 4. The molecule has 1 unspecified atom stereocenters. The Hall–Kier alpha value is -2.54. The molecule has 0 spiro atoms. The highest BCUT2D eigenvalue weighted by Gasteiger charge is 2.18. The lowest BCUT2D eigenvalue weighted by Crippen LogP contribution is -2.08. The van der Waals surface area contributed by atoms with Gasteiger partial charge in [0.2, 0.25) is 5.91 Å². The predicted octanol–water partition coefficient (Wildman–Crippen LogP) is 2.72. The number of carbonyl (C=O) groups excluding carboxylic acids is 1. The normalized spacial score (nSPS) is 11.7. The summed E-state index contributed by atoms with van der Waals surface area (Å²) < 4.78 is 12.4. The quantitative estimate of drug-likeness (QED) is 0.694. The zero-order valence-corrected chi connectivity index (χ0v) is 11.9. The zero-order chi connectivity index (χ0) is 15.4. The molecule has 21 heavy (non-hydrogen) atoms. The van der Waals surface area contributed by atoms with Crippen molar-refractivity contribution in [2.75, 3.05) is 5.32 Å². The Balaban J connectivity index is 2.43. The minimum absolute atomic E-state index is 0.0845. The van der Waals surface area contributed by atoms with Crippen molar-refractivity contribution in [3.8, 4) is 0 Å². The van der Waals surface area contributed by atoms with Crippen molar-refractivity contribution in [3.05, 3.63) is 58.6 Å². The number of hydrogen-bond donors (Lipinski definition) is 1. The Kier molecular flexibility index (Phi) is 4.44. The maximum absolute atomic E-state index is 12.4. The highest BCUT2D eigenvalue weighted by Crippen LogP contribution is 2.28. The summed E-state index contributed by atoms with van der Waals surface area (Å²) in [5.41, 5.74) is -0.201. The predicted molar refractivity (Wildman–Crippen MR) is 78.5 cm³/mol. The first kappa shape index (κ1) is 14.9. The Labute approximate surface area is 123 Å². The van der Waals surface area contributed by atoms with E-state index in [1.165, 1.54) is 25.1 Å². The fourth-order valence-electron chi connectivity index (χ4n) is 1.75. The van der Waals surface area contributed by atoms with Crippen molar-refractivity contribution in [2.24, 2.45) is 0 Å². The van der Waals surface area contributed by atoms with Gasteiger partial charge >= 0.3 is 0 Å². The molecular formula is C14H12N2O4S. The summed E-state index contributed by atoms with van der Waals surface area (Å²) in [4.78, 5) is 22.4. The van der Waals surface area contributed by atoms with Gasteiger partial charge in [-0.1, -0.05) is 18.2 Å². The lowest BCUT2D eigenvalue weighted by molar-refractivity contribution is -0.384. The average Bonchev–Trinajstić information content (AvgIpc) is 2.47. The van der Waals surface area contributed by atoms with Crippen molar-refractivity contribution in [3.63, 3.8) is 0 Å². The van der Waals surface area contributed by atoms with E-state index in [0.717, 1.165) is 0 Å². The number of nitrogens with zero attached hydrogens (tertiary/aromatic N) is 1. The smallest absolute Gasteiger partial charge is 0.293 e. The van der Waals surface area contributed by atoms with Crippen molar-refractivity contribution in [1.82, 2.24) is 0 Å². The van der Waals surface area contributed by atoms with Crippen LogP contribution in [0.1, 0.15) is 6.92 Å². The molecule has 0 saturated carbocycles. The SMILES string of the molecule is CC(=O)Nc1ccc(S(=O)c2ccccc2)cc1[N+](=O)[O-]. The summed E-state index contributed by atoms with van der Waals surface area (Å²) in [6.45, 7) is 1.26. The zero-order valence-electron chi connectivity index (χ0n) is 11.1. The fourth-order valence-corrected chi connectivity index (χ4v) is 2.84. The van der Waals surface area contributed by atoms with Crippen LogP contribution >= 0.6 is 0 Å². The Morgan fingerprint density at radius 1 is 1.14 bits per heavy atom. The van der Waals surface area contributed by atoms with Crippen LogP contribution in [0, 0.1) is 10.1 Å². The molecule has 0 aliphatic rings. The first-order valence-electron chi connectivity index (χ1n) is 6.02. The minimum atomic E-state index is -1.51. The van der Waals surface area contributed by atoms with Gasteiger partial charge in [0.25, 0.3) is 5.69 Å². The van der Waals surface area contributed by atoms with Gasteiger partial charge in [-0.3, -0.25) is 14.9 Å². The number of nitro benzene ring substituents is 1. The maximum Gasteiger partial charge on any atom is 0.293 e. The molecule has 1 N–H and O–H groups in total. The first-order valence-corrected chi connectivity index (χ1v) is 7.17. The van der Waals surface area contributed by atoms with Gasteiger partial charge in [0.15, 0.2) is 0 Å². The van der Waals surface area contributed by atoms with E-state index in [2.05, 4.69) is 5.32 Å². The maximum atomic E-state index is 12.4. The third kappa shape index (κ3) is 3.51. The number of hydrogen-bond acceptors (Lipinski definition) is 4. The number of nitro groups is 1. The van der Waals surface area contributed by atoms with Crippen LogP contribution in [0.5, 0.6) is 0 Å². The van der Waals surface area contributed by atoms with E-state index in [9.17, 15) is 19.1 Å². The first-order chi connectivity index (χ1) is 9.99. The van der Waals surface area contributed by atoms with Crippen LogP contribution in [-0.4, -0.2) is 15.0 Å². The molecule has 1 amide bonds. The van der Waals surface area contributed by atoms with Crippen LogP contribution in [0.15, 0.2) is 58.3 Å². The van der Waals surface area contributed by atoms with Gasteiger partial charge in [-0.2, -0.15) is 0 Å². The molecule has 2 aromatic rings. The van der Waals surface area contributed by atoms with Gasteiger partial charge in [0, 0.05) is 17.9 Å². The van der Waals surface area contributed by atoms with Crippen LogP contribution < -0.4 is 5.32 Å². The third-order valence-electron chi connectivity index (χ3n) is 2.65. The monoisotopic (exact) mass is 304 g/mol.